The van der Waals surface area contributed by atoms with E-state index in [2.05, 4.69) is 6.92 Å². The number of carbonyl (C=O) groups is 2. The van der Waals surface area contributed by atoms with E-state index in [0.29, 0.717) is 19.3 Å². The van der Waals surface area contributed by atoms with Crippen molar-refractivity contribution < 1.29 is 19.4 Å². The number of hydrogen-bond acceptors (Lipinski definition) is 4. The fraction of sp³-hybridized carbons (Fsp3) is 0.833. The highest BCUT2D eigenvalue weighted by molar-refractivity contribution is 5.70. The summed E-state index contributed by atoms with van der Waals surface area (Å²) in [4.78, 5) is 21.5. The molecule has 5 heteroatoms. The van der Waals surface area contributed by atoms with Gasteiger partial charge in [0.1, 0.15) is 0 Å². The highest BCUT2D eigenvalue weighted by atomic mass is 16.5. The molecule has 0 aliphatic rings. The SMILES string of the molecule is CCCCC(C)OC(=O)CCCCC(=O)O.N. The molecule has 4 N–H and O–H groups in total. The van der Waals surface area contributed by atoms with Crippen LogP contribution in [0.4, 0.5) is 0 Å². The van der Waals surface area contributed by atoms with Crippen molar-refractivity contribution in [3.8, 4) is 0 Å². The summed E-state index contributed by atoms with van der Waals surface area (Å²) in [5.74, 6) is -1.03. The smallest absolute Gasteiger partial charge is 0.306 e. The summed E-state index contributed by atoms with van der Waals surface area (Å²) in [5, 5.41) is 8.41. The van der Waals surface area contributed by atoms with Crippen LogP contribution in [-0.2, 0) is 14.3 Å². The van der Waals surface area contributed by atoms with E-state index in [9.17, 15) is 9.59 Å². The third kappa shape index (κ3) is 12.8. The Morgan fingerprint density at radius 1 is 1.18 bits per heavy atom. The largest absolute Gasteiger partial charge is 0.481 e. The maximum atomic E-state index is 11.3. The van der Waals surface area contributed by atoms with Crippen LogP contribution in [0.5, 0.6) is 0 Å². The Labute approximate surface area is 103 Å². The number of carbonyl (C=O) groups excluding carboxylic acids is 1. The van der Waals surface area contributed by atoms with Gasteiger partial charge in [-0.15, -0.1) is 0 Å². The normalized spacial score (nSPS) is 11.4. The lowest BCUT2D eigenvalue weighted by atomic mass is 10.2. The predicted molar refractivity (Wildman–Crippen MR) is 66.2 cm³/mol. The summed E-state index contributed by atoms with van der Waals surface area (Å²) >= 11 is 0. The van der Waals surface area contributed by atoms with Gasteiger partial charge in [-0.1, -0.05) is 19.8 Å². The standard InChI is InChI=1S/C12H22O4.H3N/c1-3-4-7-10(2)16-12(15)9-6-5-8-11(13)14;/h10H,3-9H2,1-2H3,(H,13,14);1H3. The molecule has 1 atom stereocenters. The monoisotopic (exact) mass is 247 g/mol. The van der Waals surface area contributed by atoms with Crippen molar-refractivity contribution in [1.82, 2.24) is 6.15 Å². The number of esters is 1. The summed E-state index contributed by atoms with van der Waals surface area (Å²) < 4.78 is 5.17. The predicted octanol–water partition coefficient (Wildman–Crippen LogP) is 2.92. The minimum Gasteiger partial charge on any atom is -0.481 e. The van der Waals surface area contributed by atoms with Crippen molar-refractivity contribution in [2.24, 2.45) is 0 Å². The van der Waals surface area contributed by atoms with Crippen molar-refractivity contribution in [1.29, 1.82) is 0 Å². The molecule has 0 spiro atoms. The molecule has 0 aromatic carbocycles. The molecular weight excluding hydrogens is 222 g/mol. The number of hydrogen-bond donors (Lipinski definition) is 2. The average molecular weight is 247 g/mol. The molecule has 0 saturated heterocycles. The molecule has 1 unspecified atom stereocenters. The van der Waals surface area contributed by atoms with Crippen LogP contribution in [0.15, 0.2) is 0 Å². The van der Waals surface area contributed by atoms with E-state index in [1.165, 1.54) is 0 Å². The molecule has 102 valence electrons. The van der Waals surface area contributed by atoms with Crippen LogP contribution >= 0.6 is 0 Å². The molecule has 17 heavy (non-hydrogen) atoms. The Morgan fingerprint density at radius 3 is 2.29 bits per heavy atom. The van der Waals surface area contributed by atoms with Crippen molar-refractivity contribution in [2.75, 3.05) is 0 Å². The summed E-state index contributed by atoms with van der Waals surface area (Å²) in [5.41, 5.74) is 0. The lowest BCUT2D eigenvalue weighted by Crippen LogP contribution is -2.14. The minimum absolute atomic E-state index is 0. The molecule has 5 nitrogen and oxygen atoms in total. The van der Waals surface area contributed by atoms with Crippen LogP contribution in [0.2, 0.25) is 0 Å². The van der Waals surface area contributed by atoms with Gasteiger partial charge in [0.15, 0.2) is 0 Å². The van der Waals surface area contributed by atoms with Crippen molar-refractivity contribution in [3.63, 3.8) is 0 Å². The summed E-state index contributed by atoms with van der Waals surface area (Å²) in [6.45, 7) is 3.99. The zero-order valence-corrected chi connectivity index (χ0v) is 10.9. The lowest BCUT2D eigenvalue weighted by molar-refractivity contribution is -0.149. The molecule has 0 aliphatic carbocycles. The molecule has 0 radical (unpaired) electrons. The Morgan fingerprint density at radius 2 is 1.76 bits per heavy atom. The van der Waals surface area contributed by atoms with Crippen molar-refractivity contribution >= 4 is 11.9 Å². The second kappa shape index (κ2) is 11.4. The van der Waals surface area contributed by atoms with E-state index in [1.54, 1.807) is 0 Å². The summed E-state index contributed by atoms with van der Waals surface area (Å²) in [6, 6.07) is 0. The van der Waals surface area contributed by atoms with E-state index in [-0.39, 0.29) is 24.6 Å². The quantitative estimate of drug-likeness (QED) is 0.482. The zero-order chi connectivity index (χ0) is 12.4. The second-order valence-corrected chi connectivity index (χ2v) is 4.04. The highest BCUT2D eigenvalue weighted by Crippen LogP contribution is 2.07. The molecule has 0 bridgehead atoms. The maximum Gasteiger partial charge on any atom is 0.306 e. The topological polar surface area (TPSA) is 98.6 Å². The molecule has 0 aromatic rings. The molecule has 0 fully saturated rings. The van der Waals surface area contributed by atoms with Crippen LogP contribution in [0.25, 0.3) is 0 Å². The van der Waals surface area contributed by atoms with E-state index in [1.807, 2.05) is 6.92 Å². The first-order chi connectivity index (χ1) is 7.56. The van der Waals surface area contributed by atoms with Gasteiger partial charge in [0.25, 0.3) is 0 Å². The first kappa shape index (κ1) is 18.3. The molecular formula is C12H25NO4. The maximum absolute atomic E-state index is 11.3. The fourth-order valence-corrected chi connectivity index (χ4v) is 1.38. The number of carboxylic acid groups (broad SMARTS) is 1. The third-order valence-corrected chi connectivity index (χ3v) is 2.32. The third-order valence-electron chi connectivity index (χ3n) is 2.32. The van der Waals surface area contributed by atoms with Gasteiger partial charge < -0.3 is 16.0 Å². The van der Waals surface area contributed by atoms with E-state index < -0.39 is 5.97 Å². The van der Waals surface area contributed by atoms with Gasteiger partial charge in [0.2, 0.25) is 0 Å². The summed E-state index contributed by atoms with van der Waals surface area (Å²) in [7, 11) is 0. The van der Waals surface area contributed by atoms with E-state index in [0.717, 1.165) is 19.3 Å². The average Bonchev–Trinajstić information content (AvgIpc) is 2.21. The minimum atomic E-state index is -0.815. The molecule has 0 heterocycles. The van der Waals surface area contributed by atoms with Crippen LogP contribution in [0, 0.1) is 0 Å². The lowest BCUT2D eigenvalue weighted by Gasteiger charge is -2.12. The molecule has 0 saturated carbocycles. The molecule has 0 amide bonds. The number of unbranched alkanes of at least 4 members (excludes halogenated alkanes) is 2. The number of aliphatic carboxylic acids is 1. The Bertz CT molecular complexity index is 219. The Kier molecular flexibility index (Phi) is 12.2. The van der Waals surface area contributed by atoms with Crippen molar-refractivity contribution in [3.05, 3.63) is 0 Å². The van der Waals surface area contributed by atoms with Gasteiger partial charge in [0, 0.05) is 12.8 Å². The number of rotatable bonds is 9. The van der Waals surface area contributed by atoms with Gasteiger partial charge >= 0.3 is 11.9 Å². The number of carboxylic acids is 1. The molecule has 0 rings (SSSR count). The first-order valence-corrected chi connectivity index (χ1v) is 5.97. The van der Waals surface area contributed by atoms with Gasteiger partial charge in [-0.2, -0.15) is 0 Å². The molecule has 0 aliphatic heterocycles. The Balaban J connectivity index is 0. The van der Waals surface area contributed by atoms with Crippen LogP contribution in [0.3, 0.4) is 0 Å². The second-order valence-electron chi connectivity index (χ2n) is 4.04. The Hall–Kier alpha value is -1.10. The molecule has 0 aromatic heterocycles. The van der Waals surface area contributed by atoms with Crippen LogP contribution in [0.1, 0.15) is 58.8 Å². The van der Waals surface area contributed by atoms with Crippen LogP contribution in [-0.4, -0.2) is 23.1 Å². The van der Waals surface area contributed by atoms with E-state index in [4.69, 9.17) is 9.84 Å². The van der Waals surface area contributed by atoms with Crippen molar-refractivity contribution in [2.45, 2.75) is 64.9 Å². The van der Waals surface area contributed by atoms with Gasteiger partial charge in [0.05, 0.1) is 6.10 Å². The van der Waals surface area contributed by atoms with E-state index >= 15 is 0 Å². The summed E-state index contributed by atoms with van der Waals surface area (Å²) in [6.07, 6.45) is 4.61. The van der Waals surface area contributed by atoms with Gasteiger partial charge in [-0.25, -0.2) is 0 Å². The number of ether oxygens (including phenoxy) is 1. The van der Waals surface area contributed by atoms with Crippen LogP contribution < -0.4 is 6.15 Å². The first-order valence-electron chi connectivity index (χ1n) is 5.97. The van der Waals surface area contributed by atoms with Gasteiger partial charge in [-0.05, 0) is 26.2 Å². The highest BCUT2D eigenvalue weighted by Gasteiger charge is 2.08. The fourth-order valence-electron chi connectivity index (χ4n) is 1.38. The zero-order valence-electron chi connectivity index (χ0n) is 10.9. The van der Waals surface area contributed by atoms with Gasteiger partial charge in [-0.3, -0.25) is 9.59 Å².